The van der Waals surface area contributed by atoms with Gasteiger partial charge in [0.2, 0.25) is 21.9 Å². The van der Waals surface area contributed by atoms with Gasteiger partial charge in [-0.3, -0.25) is 4.57 Å². The van der Waals surface area contributed by atoms with E-state index in [1.54, 1.807) is 13.3 Å². The van der Waals surface area contributed by atoms with Crippen LogP contribution in [0.2, 0.25) is 0 Å². The van der Waals surface area contributed by atoms with Crippen molar-refractivity contribution in [3.8, 4) is 0 Å². The standard InChI is InChI=1S/C21H26N8O3S/c1-3-28-17-11-14-12-24-20(25-16-8-7-15(13-23-16)33(22,30)31)26-18(14)29(17)21(19(27-28)32-2)9-5-4-6-10-21/h7-8,11-13H,3-6,9-10H2,1-2H3,(H2,22,30,31)(H,23,24,25,26). The van der Waals surface area contributed by atoms with Crippen LogP contribution in [0.5, 0.6) is 0 Å². The number of aromatic nitrogens is 4. The third kappa shape index (κ3) is 3.59. The number of nitrogens with one attached hydrogen (secondary N) is 1. The molecule has 0 amide bonds. The molecule has 174 valence electrons. The lowest BCUT2D eigenvalue weighted by molar-refractivity contribution is 0.221. The number of hydrogen-bond donors (Lipinski definition) is 2. The molecule has 0 radical (unpaired) electrons. The van der Waals surface area contributed by atoms with Gasteiger partial charge in [-0.1, -0.05) is 19.3 Å². The second-order valence-electron chi connectivity index (χ2n) is 8.28. The van der Waals surface area contributed by atoms with Gasteiger partial charge < -0.3 is 10.1 Å². The van der Waals surface area contributed by atoms with Crippen molar-refractivity contribution in [2.24, 2.45) is 10.2 Å². The highest BCUT2D eigenvalue weighted by Crippen LogP contribution is 2.45. The van der Waals surface area contributed by atoms with Crippen LogP contribution in [0.15, 0.2) is 40.6 Å². The fourth-order valence-corrected chi connectivity index (χ4v) is 5.23. The van der Waals surface area contributed by atoms with E-state index >= 15 is 0 Å². The van der Waals surface area contributed by atoms with Gasteiger partial charge in [-0.25, -0.2) is 28.5 Å². The van der Waals surface area contributed by atoms with Crippen LogP contribution in [0, 0.1) is 0 Å². The van der Waals surface area contributed by atoms with Crippen molar-refractivity contribution >= 4 is 44.5 Å². The second-order valence-corrected chi connectivity index (χ2v) is 9.84. The normalized spacial score (nSPS) is 17.7. The maximum absolute atomic E-state index is 11.5. The molecule has 1 spiro atoms. The molecule has 3 N–H and O–H groups in total. The average molecular weight is 471 g/mol. The van der Waals surface area contributed by atoms with E-state index in [1.165, 1.54) is 24.8 Å². The van der Waals surface area contributed by atoms with Crippen LogP contribution in [0.1, 0.15) is 39.0 Å². The molecule has 4 heterocycles. The van der Waals surface area contributed by atoms with Crippen molar-refractivity contribution in [1.29, 1.82) is 0 Å². The molecule has 0 atom stereocenters. The van der Waals surface area contributed by atoms with Crippen molar-refractivity contribution < 1.29 is 13.2 Å². The average Bonchev–Trinajstić information content (AvgIpc) is 3.20. The van der Waals surface area contributed by atoms with Gasteiger partial charge in [-0.05, 0) is 38.0 Å². The monoisotopic (exact) mass is 470 g/mol. The molecule has 0 bridgehead atoms. The van der Waals surface area contributed by atoms with Crippen LogP contribution in [0.25, 0.3) is 11.0 Å². The lowest BCUT2D eigenvalue weighted by Gasteiger charge is -2.43. The minimum Gasteiger partial charge on any atom is -0.481 e. The number of rotatable bonds is 4. The van der Waals surface area contributed by atoms with Crippen molar-refractivity contribution in [2.75, 3.05) is 24.0 Å². The van der Waals surface area contributed by atoms with Gasteiger partial charge in [-0.2, -0.15) is 4.98 Å². The third-order valence-electron chi connectivity index (χ3n) is 6.30. The van der Waals surface area contributed by atoms with Gasteiger partial charge in [0, 0.05) is 24.3 Å². The fraction of sp³-hybridized carbons (Fsp3) is 0.429. The molecule has 1 aliphatic heterocycles. The first-order chi connectivity index (χ1) is 15.9. The topological polar surface area (TPSA) is 141 Å². The first-order valence-corrected chi connectivity index (χ1v) is 12.5. The van der Waals surface area contributed by atoms with Gasteiger partial charge in [0.05, 0.1) is 7.11 Å². The number of hydrogen-bond acceptors (Lipinski definition) is 9. The number of hydrazone groups is 1. The number of fused-ring (bicyclic) bond motifs is 4. The highest BCUT2D eigenvalue weighted by Gasteiger charge is 2.46. The van der Waals surface area contributed by atoms with Crippen LogP contribution < -0.4 is 15.5 Å². The van der Waals surface area contributed by atoms with E-state index in [0.717, 1.165) is 42.5 Å². The number of nitrogens with two attached hydrogens (primary N) is 1. The van der Waals surface area contributed by atoms with Crippen LogP contribution in [-0.4, -0.2) is 47.5 Å². The SMILES string of the molecule is CCN1N=C(OC)C2(CCCCC2)n2c1cc1cnc(Nc3ccc(S(N)(=O)=O)cn3)nc12. The van der Waals surface area contributed by atoms with Crippen LogP contribution in [0.4, 0.5) is 17.6 Å². The van der Waals surface area contributed by atoms with Crippen LogP contribution in [0.3, 0.4) is 0 Å². The van der Waals surface area contributed by atoms with Crippen molar-refractivity contribution in [2.45, 2.75) is 49.5 Å². The van der Waals surface area contributed by atoms with E-state index in [4.69, 9.17) is 20.0 Å². The molecule has 33 heavy (non-hydrogen) atoms. The third-order valence-corrected chi connectivity index (χ3v) is 7.20. The Balaban J connectivity index is 1.59. The smallest absolute Gasteiger partial charge is 0.239 e. The van der Waals surface area contributed by atoms with E-state index in [2.05, 4.69) is 25.9 Å². The summed E-state index contributed by atoms with van der Waals surface area (Å²) in [5.41, 5.74) is 0.407. The molecular weight excluding hydrogens is 444 g/mol. The zero-order valence-corrected chi connectivity index (χ0v) is 19.3. The first-order valence-electron chi connectivity index (χ1n) is 10.9. The molecular formula is C21H26N8O3S. The van der Waals surface area contributed by atoms with Crippen molar-refractivity contribution in [3.05, 3.63) is 30.6 Å². The van der Waals surface area contributed by atoms with Gasteiger partial charge >= 0.3 is 0 Å². The number of ether oxygens (including phenoxy) is 1. The lowest BCUT2D eigenvalue weighted by atomic mass is 9.80. The van der Waals surface area contributed by atoms with Crippen molar-refractivity contribution in [3.63, 3.8) is 0 Å². The number of primary sulfonamides is 1. The molecule has 1 aliphatic carbocycles. The Labute approximate surface area is 191 Å². The van der Waals surface area contributed by atoms with E-state index in [1.807, 2.05) is 11.9 Å². The second kappa shape index (κ2) is 7.96. The van der Waals surface area contributed by atoms with Crippen molar-refractivity contribution in [1.82, 2.24) is 19.5 Å². The maximum atomic E-state index is 11.5. The Morgan fingerprint density at radius 3 is 2.61 bits per heavy atom. The van der Waals surface area contributed by atoms with E-state index in [9.17, 15) is 8.42 Å². The fourth-order valence-electron chi connectivity index (χ4n) is 4.77. The number of anilines is 3. The zero-order chi connectivity index (χ0) is 23.2. The largest absolute Gasteiger partial charge is 0.481 e. The summed E-state index contributed by atoms with van der Waals surface area (Å²) >= 11 is 0. The van der Waals surface area contributed by atoms with E-state index < -0.39 is 10.0 Å². The van der Waals surface area contributed by atoms with Crippen LogP contribution >= 0.6 is 0 Å². The summed E-state index contributed by atoms with van der Waals surface area (Å²) in [5.74, 6) is 2.45. The Bertz CT molecular complexity index is 1330. The van der Waals surface area contributed by atoms with Gasteiger partial charge in [0.25, 0.3) is 0 Å². The molecule has 2 aliphatic rings. The molecule has 5 rings (SSSR count). The van der Waals surface area contributed by atoms with Gasteiger partial charge in [0.15, 0.2) is 0 Å². The molecule has 3 aromatic rings. The minimum absolute atomic E-state index is 0.0599. The Morgan fingerprint density at radius 1 is 1.18 bits per heavy atom. The molecule has 11 nitrogen and oxygen atoms in total. The number of sulfonamides is 1. The summed E-state index contributed by atoms with van der Waals surface area (Å²) < 4.78 is 31.0. The Hall–Kier alpha value is -3.25. The molecule has 1 saturated carbocycles. The number of pyridine rings is 1. The minimum atomic E-state index is -3.81. The summed E-state index contributed by atoms with van der Waals surface area (Å²) in [6.45, 7) is 2.74. The van der Waals surface area contributed by atoms with E-state index in [0.29, 0.717) is 24.2 Å². The molecule has 12 heteroatoms. The highest BCUT2D eigenvalue weighted by molar-refractivity contribution is 7.89. The van der Waals surface area contributed by atoms with Gasteiger partial charge in [0.1, 0.15) is 27.7 Å². The number of nitrogens with zero attached hydrogens (tertiary/aromatic N) is 6. The van der Waals surface area contributed by atoms with E-state index in [-0.39, 0.29) is 10.4 Å². The van der Waals surface area contributed by atoms with Gasteiger partial charge in [-0.15, -0.1) is 5.10 Å². The summed E-state index contributed by atoms with van der Waals surface area (Å²) in [7, 11) is -2.13. The first kappa shape index (κ1) is 21.6. The molecule has 0 saturated heterocycles. The molecule has 0 unspecified atom stereocenters. The zero-order valence-electron chi connectivity index (χ0n) is 18.5. The molecule has 3 aromatic heterocycles. The summed E-state index contributed by atoms with van der Waals surface area (Å²) in [4.78, 5) is 13.3. The quantitative estimate of drug-likeness (QED) is 0.593. The van der Waals surface area contributed by atoms with Crippen LogP contribution in [-0.2, 0) is 20.3 Å². The predicted octanol–water partition coefficient (Wildman–Crippen LogP) is 2.68. The molecule has 1 fully saturated rings. The Morgan fingerprint density at radius 2 is 1.97 bits per heavy atom. The predicted molar refractivity (Wildman–Crippen MR) is 125 cm³/mol. The Kier molecular flexibility index (Phi) is 5.20. The maximum Gasteiger partial charge on any atom is 0.239 e. The summed E-state index contributed by atoms with van der Waals surface area (Å²) in [5, 5.41) is 15.9. The number of methoxy groups -OCH3 is 1. The summed E-state index contributed by atoms with van der Waals surface area (Å²) in [6, 6.07) is 4.98. The molecule has 0 aromatic carbocycles. The highest BCUT2D eigenvalue weighted by atomic mass is 32.2. The lowest BCUT2D eigenvalue weighted by Crippen LogP contribution is -2.49. The summed E-state index contributed by atoms with van der Waals surface area (Å²) in [6.07, 6.45) is 8.19.